The van der Waals surface area contributed by atoms with Crippen molar-refractivity contribution in [2.24, 2.45) is 0 Å². The van der Waals surface area contributed by atoms with E-state index in [4.69, 9.17) is 5.11 Å². The Morgan fingerprint density at radius 2 is 1.88 bits per heavy atom. The molecule has 0 heterocycles. The number of carboxylic acid groups (broad SMARTS) is 1. The molecule has 2 nitrogen and oxygen atoms in total. The summed E-state index contributed by atoms with van der Waals surface area (Å²) in [5, 5.41) is 8.52. The topological polar surface area (TPSA) is 37.3 Å². The van der Waals surface area contributed by atoms with Gasteiger partial charge in [-0.05, 0) is 18.9 Å². The van der Waals surface area contributed by atoms with Gasteiger partial charge in [-0.1, -0.05) is 56.7 Å². The molecule has 0 aromatic heterocycles. The minimum atomic E-state index is -0.986. The van der Waals surface area contributed by atoms with Gasteiger partial charge in [0.15, 0.2) is 0 Å². The highest BCUT2D eigenvalue weighted by atomic mass is 16.4. The van der Waals surface area contributed by atoms with Crippen molar-refractivity contribution in [3.8, 4) is 0 Å². The number of rotatable bonds is 8. The van der Waals surface area contributed by atoms with Gasteiger partial charge in [0.1, 0.15) is 0 Å². The minimum Gasteiger partial charge on any atom is -0.478 e. The second-order valence-electron chi connectivity index (χ2n) is 3.50. The number of hydrogen-bond donors (Lipinski definition) is 1. The first kappa shape index (κ1) is 14.4. The lowest BCUT2D eigenvalue weighted by molar-refractivity contribution is -0.132. The van der Waals surface area contributed by atoms with E-state index in [1.165, 1.54) is 25.3 Å². The number of hydrogen-bond acceptors (Lipinski definition) is 1. The number of unbranched alkanes of at least 4 members (excludes halogenated alkanes) is 3. The molecule has 0 aromatic carbocycles. The number of carboxylic acids is 1. The molecule has 0 aliphatic rings. The van der Waals surface area contributed by atoms with Gasteiger partial charge in [0.25, 0.3) is 0 Å². The average molecular weight is 220 g/mol. The van der Waals surface area contributed by atoms with Crippen molar-refractivity contribution >= 4 is 5.97 Å². The van der Waals surface area contributed by atoms with E-state index >= 15 is 0 Å². The van der Waals surface area contributed by atoms with Gasteiger partial charge in [0, 0.05) is 0 Å². The van der Waals surface area contributed by atoms with Crippen LogP contribution in [0.25, 0.3) is 0 Å². The zero-order valence-electron chi connectivity index (χ0n) is 9.86. The van der Waals surface area contributed by atoms with Gasteiger partial charge in [-0.15, -0.1) is 0 Å². The van der Waals surface area contributed by atoms with Crippen molar-refractivity contribution in [3.63, 3.8) is 0 Å². The maximum atomic E-state index is 10.4. The van der Waals surface area contributed by atoms with Crippen LogP contribution in [0, 0.1) is 0 Å². The van der Waals surface area contributed by atoms with E-state index in [2.05, 4.69) is 19.6 Å². The SMILES string of the molecule is C=C(C=CC=CC=CCCCCC)C(=O)O. The van der Waals surface area contributed by atoms with E-state index in [9.17, 15) is 4.79 Å². The molecule has 0 aliphatic carbocycles. The first-order valence-electron chi connectivity index (χ1n) is 5.60. The molecule has 0 atom stereocenters. The lowest BCUT2D eigenvalue weighted by Gasteiger charge is -1.89. The van der Waals surface area contributed by atoms with Crippen LogP contribution in [0.5, 0.6) is 0 Å². The lowest BCUT2D eigenvalue weighted by atomic mass is 10.2. The van der Waals surface area contributed by atoms with Crippen LogP contribution in [0.1, 0.15) is 32.6 Å². The van der Waals surface area contributed by atoms with E-state index in [-0.39, 0.29) is 5.57 Å². The molecule has 16 heavy (non-hydrogen) atoms. The molecule has 0 saturated heterocycles. The monoisotopic (exact) mass is 220 g/mol. The van der Waals surface area contributed by atoms with E-state index in [0.717, 1.165) is 6.42 Å². The van der Waals surface area contributed by atoms with Gasteiger partial charge < -0.3 is 5.11 Å². The Morgan fingerprint density at radius 3 is 2.50 bits per heavy atom. The predicted octanol–water partition coefficient (Wildman–Crippen LogP) is 3.88. The smallest absolute Gasteiger partial charge is 0.335 e. The van der Waals surface area contributed by atoms with Crippen LogP contribution in [0.15, 0.2) is 48.6 Å². The second-order valence-corrected chi connectivity index (χ2v) is 3.50. The van der Waals surface area contributed by atoms with Crippen molar-refractivity contribution < 1.29 is 9.90 Å². The van der Waals surface area contributed by atoms with Crippen molar-refractivity contribution in [2.75, 3.05) is 0 Å². The van der Waals surface area contributed by atoms with Crippen LogP contribution in [-0.2, 0) is 4.79 Å². The summed E-state index contributed by atoms with van der Waals surface area (Å²) in [6.07, 6.45) is 15.8. The third-order valence-electron chi connectivity index (χ3n) is 2.02. The van der Waals surface area contributed by atoms with E-state index in [1.807, 2.05) is 12.2 Å². The zero-order chi connectivity index (χ0) is 12.2. The third kappa shape index (κ3) is 9.00. The molecule has 0 bridgehead atoms. The lowest BCUT2D eigenvalue weighted by Crippen LogP contribution is -1.94. The molecule has 2 heteroatoms. The largest absolute Gasteiger partial charge is 0.478 e. The van der Waals surface area contributed by atoms with E-state index < -0.39 is 5.97 Å². The Kier molecular flexibility index (Phi) is 8.99. The fourth-order valence-electron chi connectivity index (χ4n) is 1.06. The van der Waals surface area contributed by atoms with Crippen LogP contribution in [0.4, 0.5) is 0 Å². The third-order valence-corrected chi connectivity index (χ3v) is 2.02. The van der Waals surface area contributed by atoms with E-state index in [0.29, 0.717) is 0 Å². The van der Waals surface area contributed by atoms with Crippen LogP contribution < -0.4 is 0 Å². The van der Waals surface area contributed by atoms with E-state index in [1.54, 1.807) is 12.2 Å². The summed E-state index contributed by atoms with van der Waals surface area (Å²) in [5.41, 5.74) is 0.0941. The first-order chi connectivity index (χ1) is 7.68. The van der Waals surface area contributed by atoms with Gasteiger partial charge in [-0.3, -0.25) is 0 Å². The minimum absolute atomic E-state index is 0.0941. The number of carbonyl (C=O) groups is 1. The molecule has 0 unspecified atom stereocenters. The summed E-state index contributed by atoms with van der Waals surface area (Å²) in [6, 6.07) is 0. The fourth-order valence-corrected chi connectivity index (χ4v) is 1.06. The standard InChI is InChI=1S/C14H20O2/c1-3-4-5-6-7-8-9-10-11-12-13(2)14(15)16/h7-12H,2-6H2,1H3,(H,15,16). The van der Waals surface area contributed by atoms with Gasteiger partial charge in [0.05, 0.1) is 5.57 Å². The maximum Gasteiger partial charge on any atom is 0.335 e. The molecule has 88 valence electrons. The molecule has 0 radical (unpaired) electrons. The second kappa shape index (κ2) is 9.97. The average Bonchev–Trinajstić information content (AvgIpc) is 2.26. The van der Waals surface area contributed by atoms with Crippen molar-refractivity contribution in [2.45, 2.75) is 32.6 Å². The summed E-state index contributed by atoms with van der Waals surface area (Å²) in [5.74, 6) is -0.986. The summed E-state index contributed by atoms with van der Waals surface area (Å²) < 4.78 is 0. The Bertz CT molecular complexity index is 296. The summed E-state index contributed by atoms with van der Waals surface area (Å²) in [7, 11) is 0. The molecule has 0 rings (SSSR count). The highest BCUT2D eigenvalue weighted by Gasteiger charge is 1.95. The first-order valence-corrected chi connectivity index (χ1v) is 5.60. The Morgan fingerprint density at radius 1 is 1.19 bits per heavy atom. The number of aliphatic carboxylic acids is 1. The molecule has 0 spiro atoms. The Balaban J connectivity index is 3.69. The van der Waals surface area contributed by atoms with Crippen LogP contribution in [0.3, 0.4) is 0 Å². The molecule has 0 aliphatic heterocycles. The molecular formula is C14H20O2. The summed E-state index contributed by atoms with van der Waals surface area (Å²) in [4.78, 5) is 10.4. The Labute approximate surface area is 97.7 Å². The normalized spacial score (nSPS) is 11.8. The van der Waals surface area contributed by atoms with Gasteiger partial charge >= 0.3 is 5.97 Å². The molecule has 0 amide bonds. The van der Waals surface area contributed by atoms with Gasteiger partial charge in [-0.2, -0.15) is 0 Å². The summed E-state index contributed by atoms with van der Waals surface area (Å²) >= 11 is 0. The molecule has 0 fully saturated rings. The molecule has 1 N–H and O–H groups in total. The van der Waals surface area contributed by atoms with Gasteiger partial charge in [0.2, 0.25) is 0 Å². The summed E-state index contributed by atoms with van der Waals surface area (Å²) in [6.45, 7) is 5.57. The van der Waals surface area contributed by atoms with Crippen LogP contribution >= 0.6 is 0 Å². The number of allylic oxidation sites excluding steroid dienone is 5. The van der Waals surface area contributed by atoms with Crippen molar-refractivity contribution in [1.82, 2.24) is 0 Å². The highest BCUT2D eigenvalue weighted by molar-refractivity contribution is 5.88. The Hall–Kier alpha value is -1.57. The maximum absolute atomic E-state index is 10.4. The molecular weight excluding hydrogens is 200 g/mol. The highest BCUT2D eigenvalue weighted by Crippen LogP contribution is 1.99. The van der Waals surface area contributed by atoms with Crippen molar-refractivity contribution in [3.05, 3.63) is 48.6 Å². The quantitative estimate of drug-likeness (QED) is 0.383. The fraction of sp³-hybridized carbons (Fsp3) is 0.357. The van der Waals surface area contributed by atoms with Crippen LogP contribution in [0.2, 0.25) is 0 Å². The molecule has 0 aromatic rings. The predicted molar refractivity (Wildman–Crippen MR) is 68.3 cm³/mol. The van der Waals surface area contributed by atoms with Crippen molar-refractivity contribution in [1.29, 1.82) is 0 Å². The van der Waals surface area contributed by atoms with Gasteiger partial charge in [-0.25, -0.2) is 4.79 Å². The van der Waals surface area contributed by atoms with Crippen LogP contribution in [-0.4, -0.2) is 11.1 Å². The molecule has 0 saturated carbocycles. The zero-order valence-corrected chi connectivity index (χ0v) is 9.86.